The molecule has 3 aromatic rings. The first kappa shape index (κ1) is 13.5. The van der Waals surface area contributed by atoms with Crippen LogP contribution in [0.5, 0.6) is 11.5 Å². The van der Waals surface area contributed by atoms with Gasteiger partial charge in [0, 0.05) is 11.9 Å². The molecule has 1 heterocycles. The van der Waals surface area contributed by atoms with E-state index in [0.29, 0.717) is 16.5 Å². The number of furan rings is 1. The van der Waals surface area contributed by atoms with Crippen LogP contribution in [-0.4, -0.2) is 0 Å². The summed E-state index contributed by atoms with van der Waals surface area (Å²) in [5, 5.41) is 9.79. The zero-order chi connectivity index (χ0) is 14.8. The molecule has 0 fully saturated rings. The van der Waals surface area contributed by atoms with Crippen LogP contribution in [0, 0.1) is 17.1 Å². The summed E-state index contributed by atoms with van der Waals surface area (Å²) in [4.78, 5) is 0. The minimum Gasteiger partial charge on any atom is -0.452 e. The Balaban J connectivity index is 2.09. The molecule has 0 aliphatic carbocycles. The fourth-order valence-corrected chi connectivity index (χ4v) is 2.23. The van der Waals surface area contributed by atoms with Gasteiger partial charge in [-0.25, -0.2) is 4.39 Å². The molecule has 0 saturated carbocycles. The minimum absolute atomic E-state index is 0.0490. The van der Waals surface area contributed by atoms with E-state index < -0.39 is 5.82 Å². The van der Waals surface area contributed by atoms with Gasteiger partial charge in [-0.15, -0.1) is 11.6 Å². The highest BCUT2D eigenvalue weighted by atomic mass is 35.5. The molecule has 0 bridgehead atoms. The molecule has 0 unspecified atom stereocenters. The van der Waals surface area contributed by atoms with Crippen LogP contribution in [0.15, 0.2) is 46.9 Å². The Labute approximate surface area is 125 Å². The van der Waals surface area contributed by atoms with Crippen molar-refractivity contribution in [3.8, 4) is 17.6 Å². The van der Waals surface area contributed by atoms with Crippen LogP contribution in [-0.2, 0) is 5.88 Å². The molecule has 3 rings (SSSR count). The molecule has 5 heteroatoms. The second-order valence-electron chi connectivity index (χ2n) is 4.40. The third kappa shape index (κ3) is 2.56. The van der Waals surface area contributed by atoms with E-state index in [1.165, 1.54) is 12.1 Å². The smallest absolute Gasteiger partial charge is 0.247 e. The highest BCUT2D eigenvalue weighted by Crippen LogP contribution is 2.36. The van der Waals surface area contributed by atoms with E-state index in [9.17, 15) is 4.39 Å². The predicted molar refractivity (Wildman–Crippen MR) is 77.0 cm³/mol. The van der Waals surface area contributed by atoms with Crippen LogP contribution >= 0.6 is 11.6 Å². The predicted octanol–water partition coefficient (Wildman–Crippen LogP) is 4.97. The molecular weight excluding hydrogens is 293 g/mol. The summed E-state index contributed by atoms with van der Waals surface area (Å²) in [5.74, 6) is 0.320. The van der Waals surface area contributed by atoms with Gasteiger partial charge in [0.2, 0.25) is 5.76 Å². The zero-order valence-electron chi connectivity index (χ0n) is 10.8. The topological polar surface area (TPSA) is 46.2 Å². The lowest BCUT2D eigenvalue weighted by Gasteiger charge is -2.06. The summed E-state index contributed by atoms with van der Waals surface area (Å²) in [6.45, 7) is 0. The fraction of sp³-hybridized carbons (Fsp3) is 0.0625. The zero-order valence-corrected chi connectivity index (χ0v) is 11.5. The number of rotatable bonds is 3. The molecule has 0 radical (unpaired) electrons. The van der Waals surface area contributed by atoms with Crippen molar-refractivity contribution >= 4 is 22.6 Å². The van der Waals surface area contributed by atoms with Crippen LogP contribution in [0.3, 0.4) is 0 Å². The van der Waals surface area contributed by atoms with E-state index in [4.69, 9.17) is 26.0 Å². The fourth-order valence-electron chi connectivity index (χ4n) is 2.07. The number of nitrogens with zero attached hydrogens (tertiary/aromatic N) is 1. The van der Waals surface area contributed by atoms with Gasteiger partial charge in [-0.2, -0.15) is 5.26 Å². The number of hydrogen-bond acceptors (Lipinski definition) is 3. The number of fused-ring (bicyclic) bond motifs is 1. The average molecular weight is 302 g/mol. The molecule has 104 valence electrons. The van der Waals surface area contributed by atoms with Gasteiger partial charge in [0.05, 0.1) is 5.39 Å². The van der Waals surface area contributed by atoms with Crippen molar-refractivity contribution in [1.29, 1.82) is 5.26 Å². The van der Waals surface area contributed by atoms with Gasteiger partial charge in [-0.3, -0.25) is 0 Å². The normalized spacial score (nSPS) is 10.5. The van der Waals surface area contributed by atoms with E-state index in [0.717, 1.165) is 0 Å². The summed E-state index contributed by atoms with van der Waals surface area (Å²) in [6, 6.07) is 13.2. The average Bonchev–Trinajstić information content (AvgIpc) is 2.85. The largest absolute Gasteiger partial charge is 0.452 e. The molecule has 0 amide bonds. The lowest BCUT2D eigenvalue weighted by molar-refractivity contribution is 0.462. The molecule has 0 aliphatic rings. The number of para-hydroxylation sites is 1. The molecule has 21 heavy (non-hydrogen) atoms. The summed E-state index contributed by atoms with van der Waals surface area (Å²) in [7, 11) is 0. The quantitative estimate of drug-likeness (QED) is 0.641. The van der Waals surface area contributed by atoms with Gasteiger partial charge >= 0.3 is 0 Å². The standard InChI is InChI=1S/C16H9ClFNO2/c17-8-10-5-11(18)7-12(6-10)20-16-13-3-1-2-4-14(13)21-15(16)9-19/h1-7H,8H2. The van der Waals surface area contributed by atoms with Crippen molar-refractivity contribution < 1.29 is 13.5 Å². The van der Waals surface area contributed by atoms with Gasteiger partial charge < -0.3 is 9.15 Å². The summed E-state index contributed by atoms with van der Waals surface area (Å²) in [6.07, 6.45) is 0. The van der Waals surface area contributed by atoms with Gasteiger partial charge in [0.25, 0.3) is 0 Å². The van der Waals surface area contributed by atoms with E-state index in [2.05, 4.69) is 0 Å². The second kappa shape index (κ2) is 5.47. The molecule has 1 aromatic heterocycles. The third-order valence-corrected chi connectivity index (χ3v) is 3.27. The van der Waals surface area contributed by atoms with Crippen molar-refractivity contribution in [2.45, 2.75) is 5.88 Å². The molecule has 0 atom stereocenters. The molecule has 3 nitrogen and oxygen atoms in total. The van der Waals surface area contributed by atoms with Gasteiger partial charge in [0.1, 0.15) is 23.2 Å². The van der Waals surface area contributed by atoms with Crippen molar-refractivity contribution in [3.05, 3.63) is 59.6 Å². The lowest BCUT2D eigenvalue weighted by Crippen LogP contribution is -1.89. The molecular formula is C16H9ClFNO2. The van der Waals surface area contributed by atoms with Crippen LogP contribution in [0.1, 0.15) is 11.3 Å². The molecule has 0 aliphatic heterocycles. The number of benzene rings is 2. The highest BCUT2D eigenvalue weighted by Gasteiger charge is 2.16. The van der Waals surface area contributed by atoms with Crippen molar-refractivity contribution in [3.63, 3.8) is 0 Å². The first-order valence-electron chi connectivity index (χ1n) is 6.16. The van der Waals surface area contributed by atoms with E-state index >= 15 is 0 Å². The van der Waals surface area contributed by atoms with Gasteiger partial charge in [0.15, 0.2) is 5.75 Å². The number of halogens is 2. The molecule has 0 spiro atoms. The van der Waals surface area contributed by atoms with Crippen molar-refractivity contribution in [2.24, 2.45) is 0 Å². The minimum atomic E-state index is -0.450. The number of hydrogen-bond donors (Lipinski definition) is 0. The summed E-state index contributed by atoms with van der Waals surface area (Å²) in [5.41, 5.74) is 1.14. The highest BCUT2D eigenvalue weighted by molar-refractivity contribution is 6.17. The Morgan fingerprint density at radius 3 is 2.81 bits per heavy atom. The SMILES string of the molecule is N#Cc1oc2ccccc2c1Oc1cc(F)cc(CCl)c1. The summed E-state index contributed by atoms with van der Waals surface area (Å²) >= 11 is 5.71. The Kier molecular flexibility index (Phi) is 3.51. The maximum Gasteiger partial charge on any atom is 0.247 e. The van der Waals surface area contributed by atoms with Crippen LogP contribution < -0.4 is 4.74 Å². The Morgan fingerprint density at radius 1 is 1.24 bits per heavy atom. The maximum atomic E-state index is 13.5. The number of alkyl halides is 1. The summed E-state index contributed by atoms with van der Waals surface area (Å²) < 4.78 is 24.6. The first-order chi connectivity index (χ1) is 10.2. The Bertz CT molecular complexity index is 851. The van der Waals surface area contributed by atoms with E-state index in [1.807, 2.05) is 12.1 Å². The van der Waals surface area contributed by atoms with Gasteiger partial charge in [-0.1, -0.05) is 12.1 Å². The monoisotopic (exact) mass is 301 g/mol. The maximum absolute atomic E-state index is 13.5. The van der Waals surface area contributed by atoms with Gasteiger partial charge in [-0.05, 0) is 29.8 Å². The number of ether oxygens (including phenoxy) is 1. The Hall–Kier alpha value is -2.51. The molecule has 0 N–H and O–H groups in total. The van der Waals surface area contributed by atoms with Crippen LogP contribution in [0.25, 0.3) is 11.0 Å². The van der Waals surface area contributed by atoms with E-state index in [-0.39, 0.29) is 23.1 Å². The lowest BCUT2D eigenvalue weighted by atomic mass is 10.2. The van der Waals surface area contributed by atoms with Crippen molar-refractivity contribution in [1.82, 2.24) is 0 Å². The Morgan fingerprint density at radius 2 is 2.05 bits per heavy atom. The second-order valence-corrected chi connectivity index (χ2v) is 4.67. The molecule has 2 aromatic carbocycles. The van der Waals surface area contributed by atoms with Crippen LogP contribution in [0.4, 0.5) is 4.39 Å². The van der Waals surface area contributed by atoms with Crippen LogP contribution in [0.2, 0.25) is 0 Å². The van der Waals surface area contributed by atoms with Crippen molar-refractivity contribution in [2.75, 3.05) is 0 Å². The number of nitriles is 1. The molecule has 0 saturated heterocycles. The third-order valence-electron chi connectivity index (χ3n) is 2.96. The van der Waals surface area contributed by atoms with E-state index in [1.54, 1.807) is 24.3 Å². The first-order valence-corrected chi connectivity index (χ1v) is 6.69.